The quantitative estimate of drug-likeness (QED) is 0.618. The molecule has 0 radical (unpaired) electrons. The van der Waals surface area contributed by atoms with Crippen molar-refractivity contribution in [3.63, 3.8) is 0 Å². The van der Waals surface area contributed by atoms with Crippen molar-refractivity contribution >= 4 is 11.3 Å². The summed E-state index contributed by atoms with van der Waals surface area (Å²) in [5.41, 5.74) is 4.35. The fourth-order valence-electron chi connectivity index (χ4n) is 3.80. The first-order valence-electron chi connectivity index (χ1n) is 9.92. The summed E-state index contributed by atoms with van der Waals surface area (Å²) in [6, 6.07) is 16.9. The van der Waals surface area contributed by atoms with E-state index in [-0.39, 0.29) is 18.5 Å². The van der Waals surface area contributed by atoms with Crippen molar-refractivity contribution in [2.24, 2.45) is 0 Å². The first-order chi connectivity index (χ1) is 14.0. The van der Waals surface area contributed by atoms with E-state index in [1.165, 1.54) is 28.1 Å². The van der Waals surface area contributed by atoms with Crippen LogP contribution < -0.4 is 0 Å². The van der Waals surface area contributed by atoms with E-state index in [0.29, 0.717) is 12.8 Å². The minimum Gasteiger partial charge on any atom is -0.394 e. The van der Waals surface area contributed by atoms with Crippen molar-refractivity contribution in [2.75, 3.05) is 6.61 Å². The van der Waals surface area contributed by atoms with Gasteiger partial charge in [0.05, 0.1) is 18.8 Å². The van der Waals surface area contributed by atoms with E-state index in [0.717, 1.165) is 22.4 Å². The Morgan fingerprint density at radius 1 is 1.07 bits per heavy atom. The molecule has 0 spiro atoms. The number of thiophene rings is 1. The Labute approximate surface area is 174 Å². The van der Waals surface area contributed by atoms with E-state index in [1.807, 2.05) is 6.07 Å². The molecule has 0 amide bonds. The van der Waals surface area contributed by atoms with Crippen molar-refractivity contribution in [3.05, 3.63) is 82.0 Å². The number of aryl methyl sites for hydroxylation is 1. The molecule has 1 aromatic heterocycles. The maximum atomic E-state index is 13.2. The van der Waals surface area contributed by atoms with Gasteiger partial charge in [-0.1, -0.05) is 30.3 Å². The van der Waals surface area contributed by atoms with Gasteiger partial charge in [-0.05, 0) is 66.3 Å². The lowest BCUT2D eigenvalue weighted by Gasteiger charge is -2.33. The number of benzene rings is 2. The first kappa shape index (κ1) is 20.2. The summed E-state index contributed by atoms with van der Waals surface area (Å²) in [4.78, 5) is 2.34. The van der Waals surface area contributed by atoms with Crippen LogP contribution >= 0.6 is 11.3 Å². The van der Waals surface area contributed by atoms with Crippen molar-refractivity contribution < 1.29 is 19.3 Å². The lowest BCUT2D eigenvalue weighted by atomic mass is 9.92. The summed E-state index contributed by atoms with van der Waals surface area (Å²) >= 11 is 1.71. The van der Waals surface area contributed by atoms with E-state index in [9.17, 15) is 14.6 Å². The summed E-state index contributed by atoms with van der Waals surface area (Å²) in [5.74, 6) is -0.228. The molecule has 0 bridgehead atoms. The van der Waals surface area contributed by atoms with Gasteiger partial charge in [0.1, 0.15) is 11.9 Å². The molecule has 3 atom stereocenters. The van der Waals surface area contributed by atoms with Crippen LogP contribution in [0.4, 0.5) is 4.39 Å². The van der Waals surface area contributed by atoms with Gasteiger partial charge in [0, 0.05) is 16.2 Å². The molecule has 2 aromatic carbocycles. The Morgan fingerprint density at radius 2 is 1.86 bits per heavy atom. The molecule has 3 nitrogen and oxygen atoms in total. The molecule has 3 aromatic rings. The summed E-state index contributed by atoms with van der Waals surface area (Å²) in [6.45, 7) is 2.06. The van der Waals surface area contributed by atoms with Crippen LogP contribution in [0.5, 0.6) is 0 Å². The Bertz CT molecular complexity index is 967. The average molecular weight is 413 g/mol. The fourth-order valence-corrected chi connectivity index (χ4v) is 4.83. The third-order valence-electron chi connectivity index (χ3n) is 5.53. The van der Waals surface area contributed by atoms with Crippen LogP contribution in [0.2, 0.25) is 0 Å². The molecule has 0 saturated carbocycles. The normalized spacial score (nSPS) is 22.0. The molecule has 0 aliphatic carbocycles. The zero-order chi connectivity index (χ0) is 20.4. The smallest absolute Gasteiger partial charge is 0.123 e. The third kappa shape index (κ3) is 4.59. The van der Waals surface area contributed by atoms with Crippen LogP contribution in [-0.4, -0.2) is 29.0 Å². The number of ether oxygens (including phenoxy) is 1. The predicted octanol–water partition coefficient (Wildman–Crippen LogP) is 5.03. The van der Waals surface area contributed by atoms with Crippen LogP contribution in [-0.2, 0) is 11.2 Å². The molecule has 29 heavy (non-hydrogen) atoms. The minimum absolute atomic E-state index is 0.0245. The van der Waals surface area contributed by atoms with E-state index >= 15 is 0 Å². The van der Waals surface area contributed by atoms with Gasteiger partial charge in [0.25, 0.3) is 0 Å². The number of aliphatic hydroxyl groups excluding tert-OH is 2. The molecule has 2 heterocycles. The highest BCUT2D eigenvalue weighted by Crippen LogP contribution is 2.34. The summed E-state index contributed by atoms with van der Waals surface area (Å²) in [6.07, 6.45) is 0.916. The lowest BCUT2D eigenvalue weighted by molar-refractivity contribution is -0.132. The molecule has 152 valence electrons. The fraction of sp³-hybridized carbons (Fsp3) is 0.333. The predicted molar refractivity (Wildman–Crippen MR) is 114 cm³/mol. The van der Waals surface area contributed by atoms with Gasteiger partial charge in [0.2, 0.25) is 0 Å². The molecule has 1 saturated heterocycles. The van der Waals surface area contributed by atoms with Gasteiger partial charge >= 0.3 is 0 Å². The van der Waals surface area contributed by atoms with Gasteiger partial charge in [-0.25, -0.2) is 4.39 Å². The van der Waals surface area contributed by atoms with Gasteiger partial charge in [-0.2, -0.15) is 0 Å². The van der Waals surface area contributed by atoms with Crippen LogP contribution in [0.15, 0.2) is 54.6 Å². The molecule has 1 aliphatic heterocycles. The van der Waals surface area contributed by atoms with E-state index in [1.54, 1.807) is 23.5 Å². The number of rotatable bonds is 5. The Morgan fingerprint density at radius 3 is 2.62 bits per heavy atom. The lowest BCUT2D eigenvalue weighted by Crippen LogP contribution is -2.34. The molecule has 1 aliphatic rings. The van der Waals surface area contributed by atoms with Crippen LogP contribution in [0.25, 0.3) is 10.4 Å². The molecule has 0 unspecified atom stereocenters. The highest BCUT2D eigenvalue weighted by atomic mass is 32.1. The summed E-state index contributed by atoms with van der Waals surface area (Å²) < 4.78 is 19.1. The van der Waals surface area contributed by atoms with Crippen LogP contribution in [0, 0.1) is 12.7 Å². The summed E-state index contributed by atoms with van der Waals surface area (Å²) in [7, 11) is 0. The molecule has 2 N–H and O–H groups in total. The number of hydrogen-bond acceptors (Lipinski definition) is 4. The average Bonchev–Trinajstić information content (AvgIpc) is 3.19. The Hall–Kier alpha value is -2.05. The third-order valence-corrected chi connectivity index (χ3v) is 6.67. The van der Waals surface area contributed by atoms with Crippen LogP contribution in [0.3, 0.4) is 0 Å². The standard InChI is InChI=1S/C24H25FO3S/c1-15-2-3-17(24-22(27)10-8-20(14-26)28-24)12-18(15)13-21-9-11-23(29-21)16-4-6-19(25)7-5-16/h2-7,9,11-12,20,22,24,26-27H,8,10,13-14H2,1H3/t20-,22+,24-/m0/s1. The van der Waals surface area contributed by atoms with Crippen molar-refractivity contribution in [2.45, 2.75) is 44.5 Å². The van der Waals surface area contributed by atoms with Gasteiger partial charge in [0.15, 0.2) is 0 Å². The van der Waals surface area contributed by atoms with Crippen molar-refractivity contribution in [1.29, 1.82) is 0 Å². The highest BCUT2D eigenvalue weighted by Gasteiger charge is 2.31. The van der Waals surface area contributed by atoms with E-state index in [4.69, 9.17) is 4.74 Å². The monoisotopic (exact) mass is 412 g/mol. The van der Waals surface area contributed by atoms with E-state index in [2.05, 4.69) is 31.2 Å². The molecule has 5 heteroatoms. The highest BCUT2D eigenvalue weighted by molar-refractivity contribution is 7.15. The molecular formula is C24H25FO3S. The number of hydrogen-bond donors (Lipinski definition) is 2. The first-order valence-corrected chi connectivity index (χ1v) is 10.7. The topological polar surface area (TPSA) is 49.7 Å². The Balaban J connectivity index is 1.55. The maximum Gasteiger partial charge on any atom is 0.123 e. The second kappa shape index (κ2) is 8.76. The van der Waals surface area contributed by atoms with Crippen molar-refractivity contribution in [3.8, 4) is 10.4 Å². The summed E-state index contributed by atoms with van der Waals surface area (Å²) in [5, 5.41) is 19.8. The zero-order valence-electron chi connectivity index (χ0n) is 16.3. The largest absolute Gasteiger partial charge is 0.394 e. The molecule has 4 rings (SSSR count). The van der Waals surface area contributed by atoms with Gasteiger partial charge in [-0.3, -0.25) is 0 Å². The SMILES string of the molecule is Cc1ccc([C@@H]2O[C@H](CO)CC[C@H]2O)cc1Cc1ccc(-c2ccc(F)cc2)s1. The van der Waals surface area contributed by atoms with Crippen molar-refractivity contribution in [1.82, 2.24) is 0 Å². The zero-order valence-corrected chi connectivity index (χ0v) is 17.2. The number of halogens is 1. The Kier molecular flexibility index (Phi) is 6.11. The van der Waals surface area contributed by atoms with Gasteiger partial charge < -0.3 is 14.9 Å². The molecular weight excluding hydrogens is 387 g/mol. The second-order valence-corrected chi connectivity index (χ2v) is 8.81. The second-order valence-electron chi connectivity index (χ2n) is 7.64. The maximum absolute atomic E-state index is 13.2. The minimum atomic E-state index is -0.555. The van der Waals surface area contributed by atoms with Gasteiger partial charge in [-0.15, -0.1) is 11.3 Å². The number of aliphatic hydroxyl groups is 2. The van der Waals surface area contributed by atoms with Crippen LogP contribution in [0.1, 0.15) is 40.5 Å². The molecule has 1 fully saturated rings. The van der Waals surface area contributed by atoms with E-state index < -0.39 is 12.2 Å².